The van der Waals surface area contributed by atoms with E-state index in [4.69, 9.17) is 11.5 Å². The molecule has 0 aromatic rings. The molecule has 88 valence electrons. The van der Waals surface area contributed by atoms with Crippen molar-refractivity contribution in [2.75, 3.05) is 40.3 Å². The minimum absolute atomic E-state index is 0.0350. The van der Waals surface area contributed by atoms with E-state index in [1.807, 2.05) is 0 Å². The first kappa shape index (κ1) is 13.9. The standard InChI is InChI=1S/C9H20N4O2/c1-12(6-8(11)14)7-9(15)13(2)5-3-4-10/h3-7,10H2,1-2H3,(H2,11,14). The Morgan fingerprint density at radius 1 is 1.20 bits per heavy atom. The number of primary amides is 1. The molecule has 0 aliphatic rings. The van der Waals surface area contributed by atoms with Crippen LogP contribution in [0.25, 0.3) is 0 Å². The maximum Gasteiger partial charge on any atom is 0.236 e. The number of rotatable bonds is 7. The van der Waals surface area contributed by atoms with Crippen LogP contribution in [0, 0.1) is 0 Å². The summed E-state index contributed by atoms with van der Waals surface area (Å²) in [5, 5.41) is 0. The second-order valence-corrected chi connectivity index (χ2v) is 3.60. The van der Waals surface area contributed by atoms with E-state index in [1.54, 1.807) is 23.9 Å². The molecule has 0 aromatic heterocycles. The number of hydrogen-bond donors (Lipinski definition) is 2. The van der Waals surface area contributed by atoms with Gasteiger partial charge in [0.25, 0.3) is 0 Å². The van der Waals surface area contributed by atoms with Crippen LogP contribution in [-0.2, 0) is 9.59 Å². The van der Waals surface area contributed by atoms with E-state index in [0.717, 1.165) is 6.42 Å². The monoisotopic (exact) mass is 216 g/mol. The zero-order valence-electron chi connectivity index (χ0n) is 9.40. The van der Waals surface area contributed by atoms with E-state index >= 15 is 0 Å². The molecule has 2 amide bonds. The highest BCUT2D eigenvalue weighted by molar-refractivity contribution is 5.80. The van der Waals surface area contributed by atoms with Gasteiger partial charge in [-0.3, -0.25) is 14.5 Å². The van der Waals surface area contributed by atoms with E-state index in [-0.39, 0.29) is 19.0 Å². The first-order chi connectivity index (χ1) is 6.97. The maximum atomic E-state index is 11.5. The number of nitrogens with zero attached hydrogens (tertiary/aromatic N) is 2. The summed E-state index contributed by atoms with van der Waals surface area (Å²) < 4.78 is 0. The molecule has 0 atom stereocenters. The van der Waals surface area contributed by atoms with Gasteiger partial charge in [-0.2, -0.15) is 0 Å². The molecule has 0 bridgehead atoms. The molecule has 0 aliphatic heterocycles. The van der Waals surface area contributed by atoms with Crippen molar-refractivity contribution in [1.82, 2.24) is 9.80 Å². The summed E-state index contributed by atoms with van der Waals surface area (Å²) in [4.78, 5) is 25.3. The van der Waals surface area contributed by atoms with Crippen LogP contribution >= 0.6 is 0 Å². The van der Waals surface area contributed by atoms with E-state index in [2.05, 4.69) is 0 Å². The number of nitrogens with two attached hydrogens (primary N) is 2. The van der Waals surface area contributed by atoms with Gasteiger partial charge in [-0.25, -0.2) is 0 Å². The SMILES string of the molecule is CN(CC(N)=O)CC(=O)N(C)CCCN. The molecule has 6 nitrogen and oxygen atoms in total. The topological polar surface area (TPSA) is 92.7 Å². The van der Waals surface area contributed by atoms with Crippen molar-refractivity contribution >= 4 is 11.8 Å². The lowest BCUT2D eigenvalue weighted by atomic mass is 10.3. The normalized spacial score (nSPS) is 10.4. The van der Waals surface area contributed by atoms with Gasteiger partial charge < -0.3 is 16.4 Å². The maximum absolute atomic E-state index is 11.5. The molecule has 6 heteroatoms. The molecule has 0 aromatic carbocycles. The fourth-order valence-electron chi connectivity index (χ4n) is 1.13. The zero-order chi connectivity index (χ0) is 11.8. The molecular weight excluding hydrogens is 196 g/mol. The molecule has 0 unspecified atom stereocenters. The lowest BCUT2D eigenvalue weighted by molar-refractivity contribution is -0.131. The average Bonchev–Trinajstić information content (AvgIpc) is 2.12. The van der Waals surface area contributed by atoms with Gasteiger partial charge in [0.05, 0.1) is 13.1 Å². The van der Waals surface area contributed by atoms with Gasteiger partial charge in [0.15, 0.2) is 0 Å². The molecule has 0 aliphatic carbocycles. The Kier molecular flexibility index (Phi) is 6.64. The summed E-state index contributed by atoms with van der Waals surface area (Å²) in [5.41, 5.74) is 10.3. The first-order valence-electron chi connectivity index (χ1n) is 4.88. The van der Waals surface area contributed by atoms with Crippen LogP contribution in [0.15, 0.2) is 0 Å². The van der Waals surface area contributed by atoms with Gasteiger partial charge in [0, 0.05) is 13.6 Å². The fourth-order valence-corrected chi connectivity index (χ4v) is 1.13. The molecule has 15 heavy (non-hydrogen) atoms. The van der Waals surface area contributed by atoms with Gasteiger partial charge in [0.2, 0.25) is 11.8 Å². The first-order valence-corrected chi connectivity index (χ1v) is 4.88. The van der Waals surface area contributed by atoms with Crippen molar-refractivity contribution < 1.29 is 9.59 Å². The Labute approximate surface area is 90.2 Å². The van der Waals surface area contributed by atoms with Crippen molar-refractivity contribution in [3.8, 4) is 0 Å². The van der Waals surface area contributed by atoms with Crippen molar-refractivity contribution in [2.24, 2.45) is 11.5 Å². The minimum Gasteiger partial charge on any atom is -0.369 e. The van der Waals surface area contributed by atoms with Crippen molar-refractivity contribution in [3.63, 3.8) is 0 Å². The molecular formula is C9H20N4O2. The quantitative estimate of drug-likeness (QED) is 0.525. The van der Waals surface area contributed by atoms with Crippen LogP contribution in [0.5, 0.6) is 0 Å². The summed E-state index contributed by atoms with van der Waals surface area (Å²) >= 11 is 0. The van der Waals surface area contributed by atoms with Gasteiger partial charge in [-0.05, 0) is 20.0 Å². The third-order valence-corrected chi connectivity index (χ3v) is 1.95. The molecule has 0 fully saturated rings. The van der Waals surface area contributed by atoms with Crippen LogP contribution in [0.3, 0.4) is 0 Å². The summed E-state index contributed by atoms with van der Waals surface area (Å²) in [6.07, 6.45) is 0.780. The van der Waals surface area contributed by atoms with Gasteiger partial charge in [-0.1, -0.05) is 0 Å². The number of carbonyl (C=O) groups is 2. The number of likely N-dealkylation sites (N-methyl/N-ethyl adjacent to an activating group) is 2. The Balaban J connectivity index is 3.85. The van der Waals surface area contributed by atoms with Crippen LogP contribution in [0.1, 0.15) is 6.42 Å². The third kappa shape index (κ3) is 6.87. The van der Waals surface area contributed by atoms with Crippen molar-refractivity contribution in [2.45, 2.75) is 6.42 Å². The highest BCUT2D eigenvalue weighted by atomic mass is 16.2. The molecule has 4 N–H and O–H groups in total. The van der Waals surface area contributed by atoms with Crippen molar-refractivity contribution in [1.29, 1.82) is 0 Å². The predicted molar refractivity (Wildman–Crippen MR) is 58.0 cm³/mol. The molecule has 0 heterocycles. The number of amides is 2. The highest BCUT2D eigenvalue weighted by Crippen LogP contribution is 1.90. The van der Waals surface area contributed by atoms with Gasteiger partial charge in [-0.15, -0.1) is 0 Å². The van der Waals surface area contributed by atoms with Gasteiger partial charge >= 0.3 is 0 Å². The van der Waals surface area contributed by atoms with Gasteiger partial charge in [0.1, 0.15) is 0 Å². The molecule has 0 saturated carbocycles. The Morgan fingerprint density at radius 3 is 2.27 bits per heavy atom. The van der Waals surface area contributed by atoms with E-state index in [9.17, 15) is 9.59 Å². The lowest BCUT2D eigenvalue weighted by Gasteiger charge is -2.20. The van der Waals surface area contributed by atoms with Crippen LogP contribution < -0.4 is 11.5 Å². The highest BCUT2D eigenvalue weighted by Gasteiger charge is 2.12. The molecule has 0 spiro atoms. The number of carbonyl (C=O) groups excluding carboxylic acids is 2. The van der Waals surface area contributed by atoms with E-state index < -0.39 is 5.91 Å². The Morgan fingerprint density at radius 2 is 1.80 bits per heavy atom. The Bertz CT molecular complexity index is 220. The average molecular weight is 216 g/mol. The minimum atomic E-state index is -0.435. The summed E-state index contributed by atoms with van der Waals surface area (Å²) in [5.74, 6) is -0.470. The van der Waals surface area contributed by atoms with Crippen LogP contribution in [0.4, 0.5) is 0 Å². The predicted octanol–water partition coefficient (Wildman–Crippen LogP) is -1.79. The van der Waals surface area contributed by atoms with Crippen LogP contribution in [-0.4, -0.2) is 61.9 Å². The zero-order valence-corrected chi connectivity index (χ0v) is 9.40. The molecule has 0 radical (unpaired) electrons. The summed E-state index contributed by atoms with van der Waals surface area (Å²) in [7, 11) is 3.40. The largest absolute Gasteiger partial charge is 0.369 e. The smallest absolute Gasteiger partial charge is 0.236 e. The summed E-state index contributed by atoms with van der Waals surface area (Å²) in [6.45, 7) is 1.50. The van der Waals surface area contributed by atoms with Crippen LogP contribution in [0.2, 0.25) is 0 Å². The third-order valence-electron chi connectivity index (χ3n) is 1.95. The molecule has 0 rings (SSSR count). The molecule has 0 saturated heterocycles. The van der Waals surface area contributed by atoms with E-state index in [0.29, 0.717) is 13.1 Å². The lowest BCUT2D eigenvalue weighted by Crippen LogP contribution is -2.40. The number of hydrogen-bond acceptors (Lipinski definition) is 4. The summed E-state index contributed by atoms with van der Waals surface area (Å²) in [6, 6.07) is 0. The fraction of sp³-hybridized carbons (Fsp3) is 0.778. The van der Waals surface area contributed by atoms with Crippen molar-refractivity contribution in [3.05, 3.63) is 0 Å². The second kappa shape index (κ2) is 7.19. The Hall–Kier alpha value is -1.14. The van der Waals surface area contributed by atoms with E-state index in [1.165, 1.54) is 0 Å². The second-order valence-electron chi connectivity index (χ2n) is 3.60.